The molecule has 0 amide bonds. The first-order valence-electron chi connectivity index (χ1n) is 3.66. The molecule has 1 aliphatic heterocycles. The monoisotopic (exact) mass is 127 g/mol. The maximum atomic E-state index is 3.57. The van der Waals surface area contributed by atoms with Gasteiger partial charge in [0.1, 0.15) is 0 Å². The average Bonchev–Trinajstić information content (AvgIpc) is 2.07. The first-order valence-corrected chi connectivity index (χ1v) is 3.66. The molecule has 1 saturated heterocycles. The summed E-state index contributed by atoms with van der Waals surface area (Å²) in [6.07, 6.45) is 7.24. The molecular weight excluding hydrogens is 110 g/mol. The summed E-state index contributed by atoms with van der Waals surface area (Å²) in [4.78, 5) is 0. The summed E-state index contributed by atoms with van der Waals surface area (Å²) >= 11 is 0. The van der Waals surface area contributed by atoms with Crippen LogP contribution in [0.3, 0.4) is 0 Å². The normalized spacial score (nSPS) is 29.3. The minimum atomic E-state index is 0. The largest absolute Gasteiger partial charge is 0.311 e. The highest BCUT2D eigenvalue weighted by Crippen LogP contribution is 2.38. The zero-order valence-corrected chi connectivity index (χ0v) is 5.24. The van der Waals surface area contributed by atoms with E-state index in [1.54, 1.807) is 0 Å². The van der Waals surface area contributed by atoms with E-state index in [2.05, 4.69) is 5.32 Å². The highest BCUT2D eigenvalue weighted by Gasteiger charge is 2.38. The molecular formula is C8H17N. The molecule has 2 rings (SSSR count). The lowest BCUT2D eigenvalue weighted by Crippen LogP contribution is -2.45. The van der Waals surface area contributed by atoms with Crippen molar-refractivity contribution < 1.29 is 0 Å². The van der Waals surface area contributed by atoms with E-state index in [0.29, 0.717) is 5.54 Å². The van der Waals surface area contributed by atoms with Crippen LogP contribution in [0.5, 0.6) is 0 Å². The third-order valence-corrected chi connectivity index (χ3v) is 2.64. The van der Waals surface area contributed by atoms with Crippen molar-refractivity contribution in [1.82, 2.24) is 5.32 Å². The summed E-state index contributed by atoms with van der Waals surface area (Å²) in [7, 11) is 0. The Kier molecular flexibility index (Phi) is 1.80. The zero-order valence-electron chi connectivity index (χ0n) is 5.24. The summed E-state index contributed by atoms with van der Waals surface area (Å²) in [5.74, 6) is 0. The van der Waals surface area contributed by atoms with Crippen LogP contribution in [0, 0.1) is 0 Å². The van der Waals surface area contributed by atoms with Gasteiger partial charge in [0, 0.05) is 5.54 Å². The minimum Gasteiger partial charge on any atom is -0.311 e. The second-order valence-electron chi connectivity index (χ2n) is 3.16. The minimum absolute atomic E-state index is 0. The second-order valence-corrected chi connectivity index (χ2v) is 3.16. The van der Waals surface area contributed by atoms with Crippen molar-refractivity contribution in [1.29, 1.82) is 0 Å². The Morgan fingerprint density at radius 1 is 1.00 bits per heavy atom. The van der Waals surface area contributed by atoms with Gasteiger partial charge < -0.3 is 5.32 Å². The van der Waals surface area contributed by atoms with Crippen LogP contribution in [0.25, 0.3) is 0 Å². The molecule has 2 fully saturated rings. The van der Waals surface area contributed by atoms with E-state index in [1.807, 2.05) is 0 Å². The molecule has 1 aliphatic carbocycles. The van der Waals surface area contributed by atoms with Gasteiger partial charge in [0.25, 0.3) is 0 Å². The molecule has 0 atom stereocenters. The average molecular weight is 127 g/mol. The summed E-state index contributed by atoms with van der Waals surface area (Å²) < 4.78 is 0. The topological polar surface area (TPSA) is 12.0 Å². The van der Waals surface area contributed by atoms with Crippen molar-refractivity contribution in [2.45, 2.75) is 45.1 Å². The van der Waals surface area contributed by atoms with Crippen LogP contribution in [-0.2, 0) is 0 Å². The molecule has 2 aliphatic rings. The SMILES string of the molecule is C.C1CNC2(C1)CCC2. The van der Waals surface area contributed by atoms with Crippen LogP contribution in [0.2, 0.25) is 0 Å². The zero-order chi connectivity index (χ0) is 5.45. The molecule has 1 nitrogen and oxygen atoms in total. The molecule has 0 radical (unpaired) electrons. The van der Waals surface area contributed by atoms with Gasteiger partial charge in [0.15, 0.2) is 0 Å². The van der Waals surface area contributed by atoms with Gasteiger partial charge in [0.05, 0.1) is 0 Å². The molecule has 54 valence electrons. The predicted molar refractivity (Wildman–Crippen MR) is 40.5 cm³/mol. The van der Waals surface area contributed by atoms with E-state index in [4.69, 9.17) is 0 Å². The quantitative estimate of drug-likeness (QED) is 0.524. The van der Waals surface area contributed by atoms with E-state index in [1.165, 1.54) is 38.6 Å². The van der Waals surface area contributed by atoms with E-state index < -0.39 is 0 Å². The second kappa shape index (κ2) is 2.30. The molecule has 1 N–H and O–H groups in total. The van der Waals surface area contributed by atoms with Gasteiger partial charge in [0.2, 0.25) is 0 Å². The summed E-state index contributed by atoms with van der Waals surface area (Å²) in [5, 5.41) is 3.57. The summed E-state index contributed by atoms with van der Waals surface area (Å²) in [6, 6.07) is 0. The van der Waals surface area contributed by atoms with Crippen molar-refractivity contribution in [3.63, 3.8) is 0 Å². The lowest BCUT2D eigenvalue weighted by molar-refractivity contribution is 0.216. The standard InChI is InChI=1S/C7H13N.CH4/c1-3-7(4-1)5-2-6-8-7;/h8H,1-6H2;1H4. The van der Waals surface area contributed by atoms with Gasteiger partial charge in [-0.25, -0.2) is 0 Å². The fourth-order valence-corrected chi connectivity index (χ4v) is 1.90. The van der Waals surface area contributed by atoms with Crippen molar-refractivity contribution in [3.8, 4) is 0 Å². The smallest absolute Gasteiger partial charge is 0.0182 e. The fraction of sp³-hybridized carbons (Fsp3) is 1.00. The molecule has 0 bridgehead atoms. The van der Waals surface area contributed by atoms with Gasteiger partial charge in [-0.3, -0.25) is 0 Å². The van der Waals surface area contributed by atoms with Crippen LogP contribution >= 0.6 is 0 Å². The first-order chi connectivity index (χ1) is 3.91. The molecule has 9 heavy (non-hydrogen) atoms. The van der Waals surface area contributed by atoms with Crippen LogP contribution in [-0.4, -0.2) is 12.1 Å². The molecule has 0 aromatic rings. The predicted octanol–water partition coefficient (Wildman–Crippen LogP) is 1.93. The van der Waals surface area contributed by atoms with Crippen molar-refractivity contribution in [3.05, 3.63) is 0 Å². The lowest BCUT2D eigenvalue weighted by atomic mass is 9.76. The molecule has 1 heteroatoms. The van der Waals surface area contributed by atoms with Crippen molar-refractivity contribution >= 4 is 0 Å². The Morgan fingerprint density at radius 3 is 1.89 bits per heavy atom. The summed E-state index contributed by atoms with van der Waals surface area (Å²) in [5.41, 5.74) is 0.667. The highest BCUT2D eigenvalue weighted by atomic mass is 15.0. The van der Waals surface area contributed by atoms with Gasteiger partial charge in [-0.2, -0.15) is 0 Å². The van der Waals surface area contributed by atoms with Crippen LogP contribution in [0.4, 0.5) is 0 Å². The fourth-order valence-electron chi connectivity index (χ4n) is 1.90. The number of rotatable bonds is 0. The third kappa shape index (κ3) is 0.983. The van der Waals surface area contributed by atoms with E-state index in [-0.39, 0.29) is 7.43 Å². The van der Waals surface area contributed by atoms with Crippen LogP contribution in [0.1, 0.15) is 39.5 Å². The molecule has 0 aromatic heterocycles. The first kappa shape index (κ1) is 7.07. The maximum Gasteiger partial charge on any atom is 0.0182 e. The maximum absolute atomic E-state index is 3.57. The number of nitrogens with one attached hydrogen (secondary N) is 1. The van der Waals surface area contributed by atoms with Gasteiger partial charge >= 0.3 is 0 Å². The Bertz CT molecular complexity index is 86.7. The van der Waals surface area contributed by atoms with Crippen LogP contribution in [0.15, 0.2) is 0 Å². The van der Waals surface area contributed by atoms with Crippen LogP contribution < -0.4 is 5.32 Å². The van der Waals surface area contributed by atoms with Gasteiger partial charge in [-0.05, 0) is 38.6 Å². The van der Waals surface area contributed by atoms with E-state index >= 15 is 0 Å². The molecule has 0 aromatic carbocycles. The van der Waals surface area contributed by atoms with Gasteiger partial charge in [-0.1, -0.05) is 7.43 Å². The Labute approximate surface area is 57.8 Å². The van der Waals surface area contributed by atoms with E-state index in [0.717, 1.165) is 0 Å². The molecule has 1 heterocycles. The van der Waals surface area contributed by atoms with E-state index in [9.17, 15) is 0 Å². The number of hydrogen-bond donors (Lipinski definition) is 1. The third-order valence-electron chi connectivity index (χ3n) is 2.64. The van der Waals surface area contributed by atoms with Gasteiger partial charge in [-0.15, -0.1) is 0 Å². The Hall–Kier alpha value is -0.0400. The molecule has 0 unspecified atom stereocenters. The highest BCUT2D eigenvalue weighted by molar-refractivity contribution is 4.99. The molecule has 1 spiro atoms. The Balaban J connectivity index is 0.000000405. The molecule has 1 saturated carbocycles. The summed E-state index contributed by atoms with van der Waals surface area (Å²) in [6.45, 7) is 1.28. The van der Waals surface area contributed by atoms with Crippen molar-refractivity contribution in [2.75, 3.05) is 6.54 Å². The Morgan fingerprint density at radius 2 is 1.67 bits per heavy atom. The lowest BCUT2D eigenvalue weighted by Gasteiger charge is -2.38. The number of hydrogen-bond acceptors (Lipinski definition) is 1. The van der Waals surface area contributed by atoms with Crippen molar-refractivity contribution in [2.24, 2.45) is 0 Å².